The van der Waals surface area contributed by atoms with Gasteiger partial charge in [-0.15, -0.1) is 0 Å². The zero-order valence-electron chi connectivity index (χ0n) is 10.0. The fraction of sp³-hybridized carbons (Fsp3) is 0.643. The summed E-state index contributed by atoms with van der Waals surface area (Å²) in [6, 6.07) is 1.97. The Morgan fingerprint density at radius 3 is 2.88 bits per heavy atom. The van der Waals surface area contributed by atoms with E-state index in [4.69, 9.17) is 0 Å². The lowest BCUT2D eigenvalue weighted by Crippen LogP contribution is -2.03. The quantitative estimate of drug-likeness (QED) is 0.842. The zero-order valence-corrected chi connectivity index (χ0v) is 10.0. The van der Waals surface area contributed by atoms with E-state index in [1.807, 2.05) is 13.0 Å². The highest BCUT2D eigenvalue weighted by Crippen LogP contribution is 2.31. The summed E-state index contributed by atoms with van der Waals surface area (Å²) >= 11 is 0. The number of hydrogen-bond acceptors (Lipinski definition) is 2. The smallest absolute Gasteiger partial charge is 0.0807 e. The second-order valence-corrected chi connectivity index (χ2v) is 4.98. The van der Waals surface area contributed by atoms with E-state index in [1.165, 1.54) is 25.7 Å². The standard InChI is InChI=1S/C14H21NO/c1-11-8-9-15-10-13(11)14(16)7-6-12-4-2-3-5-12/h8-10,12,14,16H,2-7H2,1H3. The molecule has 0 saturated heterocycles. The molecule has 0 bridgehead atoms. The Kier molecular flexibility index (Phi) is 3.94. The molecular formula is C14H21NO. The van der Waals surface area contributed by atoms with Crippen LogP contribution in [0.1, 0.15) is 55.8 Å². The Morgan fingerprint density at radius 2 is 2.19 bits per heavy atom. The fourth-order valence-corrected chi connectivity index (χ4v) is 2.67. The van der Waals surface area contributed by atoms with Crippen molar-refractivity contribution in [2.75, 3.05) is 0 Å². The summed E-state index contributed by atoms with van der Waals surface area (Å²) in [5.74, 6) is 0.853. The molecule has 2 heteroatoms. The van der Waals surface area contributed by atoms with Gasteiger partial charge in [0.1, 0.15) is 0 Å². The number of aliphatic hydroxyl groups is 1. The minimum atomic E-state index is -0.325. The number of aromatic nitrogens is 1. The maximum atomic E-state index is 10.1. The highest BCUT2D eigenvalue weighted by Gasteiger charge is 2.17. The maximum Gasteiger partial charge on any atom is 0.0807 e. The van der Waals surface area contributed by atoms with Crippen molar-refractivity contribution in [1.82, 2.24) is 4.98 Å². The van der Waals surface area contributed by atoms with Gasteiger partial charge in [-0.1, -0.05) is 25.7 Å². The second kappa shape index (κ2) is 5.44. The largest absolute Gasteiger partial charge is 0.388 e. The van der Waals surface area contributed by atoms with E-state index in [9.17, 15) is 5.11 Å². The lowest BCUT2D eigenvalue weighted by molar-refractivity contribution is 0.156. The first-order valence-electron chi connectivity index (χ1n) is 6.36. The average Bonchev–Trinajstić information content (AvgIpc) is 2.79. The van der Waals surface area contributed by atoms with Crippen molar-refractivity contribution in [1.29, 1.82) is 0 Å². The lowest BCUT2D eigenvalue weighted by atomic mass is 9.95. The number of hydrogen-bond donors (Lipinski definition) is 1. The molecule has 0 aromatic carbocycles. The van der Waals surface area contributed by atoms with Crippen LogP contribution in [0.5, 0.6) is 0 Å². The van der Waals surface area contributed by atoms with Crippen molar-refractivity contribution in [2.45, 2.75) is 51.6 Å². The number of aliphatic hydroxyl groups excluding tert-OH is 1. The van der Waals surface area contributed by atoms with Crippen LogP contribution in [0.3, 0.4) is 0 Å². The van der Waals surface area contributed by atoms with Crippen LogP contribution in [0.25, 0.3) is 0 Å². The molecule has 2 rings (SSSR count). The van der Waals surface area contributed by atoms with E-state index in [0.717, 1.165) is 29.9 Å². The molecule has 2 nitrogen and oxygen atoms in total. The molecule has 0 radical (unpaired) electrons. The molecule has 88 valence electrons. The number of nitrogens with zero attached hydrogens (tertiary/aromatic N) is 1. The Balaban J connectivity index is 1.87. The van der Waals surface area contributed by atoms with Gasteiger partial charge < -0.3 is 5.11 Å². The lowest BCUT2D eigenvalue weighted by Gasteiger charge is -2.15. The first-order valence-corrected chi connectivity index (χ1v) is 6.36. The van der Waals surface area contributed by atoms with Gasteiger partial charge in [-0.25, -0.2) is 0 Å². The van der Waals surface area contributed by atoms with Crippen molar-refractivity contribution in [3.63, 3.8) is 0 Å². The number of rotatable bonds is 4. The van der Waals surface area contributed by atoms with E-state index < -0.39 is 0 Å². The molecule has 0 aliphatic heterocycles. The maximum absolute atomic E-state index is 10.1. The van der Waals surface area contributed by atoms with Crippen LogP contribution >= 0.6 is 0 Å². The molecule has 0 spiro atoms. The molecule has 1 heterocycles. The van der Waals surface area contributed by atoms with E-state index in [0.29, 0.717) is 0 Å². The SMILES string of the molecule is Cc1ccncc1C(O)CCC1CCCC1. The summed E-state index contributed by atoms with van der Waals surface area (Å²) in [6.45, 7) is 2.04. The molecule has 1 unspecified atom stereocenters. The second-order valence-electron chi connectivity index (χ2n) is 4.98. The molecule has 1 saturated carbocycles. The topological polar surface area (TPSA) is 33.1 Å². The molecular weight excluding hydrogens is 198 g/mol. The molecule has 1 fully saturated rings. The van der Waals surface area contributed by atoms with Crippen LogP contribution < -0.4 is 0 Å². The van der Waals surface area contributed by atoms with Gasteiger partial charge in [-0.3, -0.25) is 4.98 Å². The molecule has 1 aromatic heterocycles. The van der Waals surface area contributed by atoms with Gasteiger partial charge in [0.05, 0.1) is 6.10 Å². The first kappa shape index (κ1) is 11.6. The summed E-state index contributed by atoms with van der Waals surface area (Å²) in [4.78, 5) is 4.09. The van der Waals surface area contributed by atoms with Crippen molar-refractivity contribution >= 4 is 0 Å². The third-order valence-electron chi connectivity index (χ3n) is 3.76. The van der Waals surface area contributed by atoms with Gasteiger partial charge in [0.2, 0.25) is 0 Å². The van der Waals surface area contributed by atoms with Gasteiger partial charge in [-0.05, 0) is 37.3 Å². The highest BCUT2D eigenvalue weighted by molar-refractivity contribution is 5.23. The Morgan fingerprint density at radius 1 is 1.44 bits per heavy atom. The summed E-state index contributed by atoms with van der Waals surface area (Å²) in [6.07, 6.45) is 10.8. The van der Waals surface area contributed by atoms with E-state index in [2.05, 4.69) is 4.98 Å². The summed E-state index contributed by atoms with van der Waals surface area (Å²) in [7, 11) is 0. The summed E-state index contributed by atoms with van der Waals surface area (Å²) < 4.78 is 0. The van der Waals surface area contributed by atoms with Crippen LogP contribution in [0.2, 0.25) is 0 Å². The molecule has 1 aliphatic carbocycles. The fourth-order valence-electron chi connectivity index (χ4n) is 2.67. The molecule has 1 N–H and O–H groups in total. The van der Waals surface area contributed by atoms with E-state index in [-0.39, 0.29) is 6.10 Å². The summed E-state index contributed by atoms with van der Waals surface area (Å²) in [5, 5.41) is 10.1. The zero-order chi connectivity index (χ0) is 11.4. The van der Waals surface area contributed by atoms with Crippen molar-refractivity contribution in [2.24, 2.45) is 5.92 Å². The van der Waals surface area contributed by atoms with Crippen LogP contribution in [-0.2, 0) is 0 Å². The first-order chi connectivity index (χ1) is 7.77. The highest BCUT2D eigenvalue weighted by atomic mass is 16.3. The molecule has 1 atom stereocenters. The van der Waals surface area contributed by atoms with Crippen LogP contribution in [0.4, 0.5) is 0 Å². The third kappa shape index (κ3) is 2.82. The van der Waals surface area contributed by atoms with Crippen LogP contribution in [-0.4, -0.2) is 10.1 Å². The van der Waals surface area contributed by atoms with Gasteiger partial charge in [0.25, 0.3) is 0 Å². The van der Waals surface area contributed by atoms with Crippen molar-refractivity contribution in [3.05, 3.63) is 29.6 Å². The molecule has 0 amide bonds. The minimum Gasteiger partial charge on any atom is -0.388 e. The molecule has 16 heavy (non-hydrogen) atoms. The van der Waals surface area contributed by atoms with Gasteiger partial charge in [0.15, 0.2) is 0 Å². The van der Waals surface area contributed by atoms with Crippen LogP contribution in [0.15, 0.2) is 18.5 Å². The van der Waals surface area contributed by atoms with E-state index in [1.54, 1.807) is 12.4 Å². The predicted molar refractivity (Wildman–Crippen MR) is 65.1 cm³/mol. The minimum absolute atomic E-state index is 0.325. The van der Waals surface area contributed by atoms with Gasteiger partial charge in [-0.2, -0.15) is 0 Å². The monoisotopic (exact) mass is 219 g/mol. The predicted octanol–water partition coefficient (Wildman–Crippen LogP) is 3.39. The Labute approximate surface area is 97.7 Å². The normalized spacial score (nSPS) is 18.9. The third-order valence-corrected chi connectivity index (χ3v) is 3.76. The molecule has 1 aromatic rings. The van der Waals surface area contributed by atoms with Crippen LogP contribution in [0, 0.1) is 12.8 Å². The summed E-state index contributed by atoms with van der Waals surface area (Å²) in [5.41, 5.74) is 2.15. The Hall–Kier alpha value is -0.890. The van der Waals surface area contributed by atoms with E-state index >= 15 is 0 Å². The van der Waals surface area contributed by atoms with Crippen molar-refractivity contribution in [3.8, 4) is 0 Å². The number of aryl methyl sites for hydroxylation is 1. The average molecular weight is 219 g/mol. The van der Waals surface area contributed by atoms with Crippen molar-refractivity contribution < 1.29 is 5.11 Å². The number of pyridine rings is 1. The Bertz CT molecular complexity index is 331. The van der Waals surface area contributed by atoms with Gasteiger partial charge in [0, 0.05) is 18.0 Å². The van der Waals surface area contributed by atoms with Gasteiger partial charge >= 0.3 is 0 Å². The molecule has 1 aliphatic rings.